The highest BCUT2D eigenvalue weighted by molar-refractivity contribution is 5.96. The van der Waals surface area contributed by atoms with Crippen molar-refractivity contribution < 1.29 is 14.2 Å². The molecule has 0 spiro atoms. The van der Waals surface area contributed by atoms with Gasteiger partial charge in [-0.05, 0) is 13.8 Å². The Kier molecular flexibility index (Phi) is 3.82. The van der Waals surface area contributed by atoms with E-state index in [-0.39, 0.29) is 29.1 Å². The van der Waals surface area contributed by atoms with Gasteiger partial charge in [0.1, 0.15) is 0 Å². The molecule has 0 saturated carbocycles. The first-order valence-corrected chi connectivity index (χ1v) is 5.29. The van der Waals surface area contributed by atoms with Crippen molar-refractivity contribution in [2.24, 2.45) is 0 Å². The molecule has 17 heavy (non-hydrogen) atoms. The van der Waals surface area contributed by atoms with Gasteiger partial charge in [-0.3, -0.25) is 14.9 Å². The number of aromatic nitrogens is 1. The van der Waals surface area contributed by atoms with E-state index < -0.39 is 10.8 Å². The fourth-order valence-electron chi connectivity index (χ4n) is 1.33. The number of nitrogens with one attached hydrogen (secondary N) is 1. The van der Waals surface area contributed by atoms with Crippen molar-refractivity contribution >= 4 is 11.6 Å². The Balaban J connectivity index is 3.17. The molecule has 0 aliphatic rings. The molecule has 1 rings (SSSR count). The summed E-state index contributed by atoms with van der Waals surface area (Å²) in [5, 5.41) is 16.9. The summed E-state index contributed by atoms with van der Waals surface area (Å²) in [4.78, 5) is 22.0. The van der Waals surface area contributed by atoms with Gasteiger partial charge in [0, 0.05) is 12.0 Å². The van der Waals surface area contributed by atoms with Crippen molar-refractivity contribution in [2.45, 2.75) is 39.7 Å². The fraction of sp³-hybridized carbons (Fsp3) is 0.600. The average Bonchev–Trinajstić information content (AvgIpc) is 2.59. The van der Waals surface area contributed by atoms with E-state index in [0.717, 1.165) is 0 Å². The van der Waals surface area contributed by atoms with Crippen molar-refractivity contribution in [1.29, 1.82) is 0 Å². The Labute approximate surface area is 98.3 Å². The van der Waals surface area contributed by atoms with Crippen molar-refractivity contribution in [3.05, 3.63) is 21.6 Å². The first kappa shape index (κ1) is 13.1. The molecule has 1 amide bonds. The Morgan fingerprint density at radius 2 is 2.00 bits per heavy atom. The lowest BCUT2D eigenvalue weighted by molar-refractivity contribution is -0.386. The van der Waals surface area contributed by atoms with E-state index in [1.54, 1.807) is 27.7 Å². The van der Waals surface area contributed by atoms with Gasteiger partial charge in [-0.15, -0.1) is 0 Å². The van der Waals surface area contributed by atoms with Crippen molar-refractivity contribution in [3.63, 3.8) is 0 Å². The van der Waals surface area contributed by atoms with Gasteiger partial charge in [-0.25, -0.2) is 0 Å². The van der Waals surface area contributed by atoms with Gasteiger partial charge in [-0.2, -0.15) is 0 Å². The lowest BCUT2D eigenvalue weighted by atomic mass is 10.1. The topological polar surface area (TPSA) is 98.3 Å². The van der Waals surface area contributed by atoms with E-state index in [2.05, 4.69) is 10.5 Å². The summed E-state index contributed by atoms with van der Waals surface area (Å²) in [6.07, 6.45) is 0. The maximum atomic E-state index is 11.7. The molecule has 0 aromatic carbocycles. The molecule has 0 bridgehead atoms. The number of nitro groups is 1. The van der Waals surface area contributed by atoms with Gasteiger partial charge in [0.05, 0.1) is 4.92 Å². The summed E-state index contributed by atoms with van der Waals surface area (Å²) >= 11 is 0. The van der Waals surface area contributed by atoms with Gasteiger partial charge in [0.2, 0.25) is 11.5 Å². The lowest BCUT2D eigenvalue weighted by Crippen LogP contribution is -2.30. The smallest absolute Gasteiger partial charge is 0.344 e. The summed E-state index contributed by atoms with van der Waals surface area (Å²) < 4.78 is 4.87. The Morgan fingerprint density at radius 3 is 2.41 bits per heavy atom. The standard InChI is InChI=1S/C10H15N3O4/c1-5(2)9-8(13(15)16)7(12-17-9)10(14)11-6(3)4/h5-6H,1-4H3,(H,11,14). The van der Waals surface area contributed by atoms with Crippen LogP contribution in [0.2, 0.25) is 0 Å². The van der Waals surface area contributed by atoms with Crippen molar-refractivity contribution in [1.82, 2.24) is 10.5 Å². The Morgan fingerprint density at radius 1 is 1.41 bits per heavy atom. The molecule has 1 N–H and O–H groups in total. The molecule has 0 aliphatic heterocycles. The quantitative estimate of drug-likeness (QED) is 0.640. The molecule has 0 radical (unpaired) electrons. The van der Waals surface area contributed by atoms with E-state index in [4.69, 9.17) is 4.52 Å². The molecule has 1 aromatic rings. The molecule has 7 nitrogen and oxygen atoms in total. The minimum Gasteiger partial charge on any atom is -0.353 e. The van der Waals surface area contributed by atoms with E-state index >= 15 is 0 Å². The van der Waals surface area contributed by atoms with Gasteiger partial charge >= 0.3 is 5.69 Å². The Bertz CT molecular complexity index is 437. The van der Waals surface area contributed by atoms with Crippen LogP contribution in [-0.2, 0) is 0 Å². The predicted octanol–water partition coefficient (Wildman–Crippen LogP) is 1.84. The summed E-state index contributed by atoms with van der Waals surface area (Å²) in [6, 6.07) is -0.124. The third-order valence-corrected chi connectivity index (χ3v) is 2.03. The number of hydrogen-bond acceptors (Lipinski definition) is 5. The second-order valence-corrected chi connectivity index (χ2v) is 4.28. The van der Waals surface area contributed by atoms with Crippen LogP contribution in [0.5, 0.6) is 0 Å². The molecule has 94 valence electrons. The summed E-state index contributed by atoms with van der Waals surface area (Å²) in [5.74, 6) is -0.685. The molecule has 0 atom stereocenters. The molecule has 7 heteroatoms. The van der Waals surface area contributed by atoms with Crippen LogP contribution in [0, 0.1) is 10.1 Å². The monoisotopic (exact) mass is 241 g/mol. The summed E-state index contributed by atoms with van der Waals surface area (Å²) in [5.41, 5.74) is -0.620. The number of nitrogens with zero attached hydrogens (tertiary/aromatic N) is 2. The molecule has 0 aliphatic carbocycles. The molecule has 1 aromatic heterocycles. The van der Waals surface area contributed by atoms with E-state index in [9.17, 15) is 14.9 Å². The van der Waals surface area contributed by atoms with Crippen molar-refractivity contribution in [3.8, 4) is 0 Å². The zero-order valence-corrected chi connectivity index (χ0v) is 10.2. The normalized spacial score (nSPS) is 10.9. The van der Waals surface area contributed by atoms with Crippen LogP contribution in [0.3, 0.4) is 0 Å². The minimum absolute atomic E-state index is 0.115. The molecular weight excluding hydrogens is 226 g/mol. The second kappa shape index (κ2) is 4.94. The van der Waals surface area contributed by atoms with Gasteiger partial charge in [0.15, 0.2) is 0 Å². The molecule has 0 saturated heterocycles. The van der Waals surface area contributed by atoms with E-state index in [0.29, 0.717) is 0 Å². The molecule has 1 heterocycles. The average molecular weight is 241 g/mol. The molecule has 0 unspecified atom stereocenters. The second-order valence-electron chi connectivity index (χ2n) is 4.28. The number of hydrogen-bond donors (Lipinski definition) is 1. The number of rotatable bonds is 4. The van der Waals surface area contributed by atoms with Crippen molar-refractivity contribution in [2.75, 3.05) is 0 Å². The van der Waals surface area contributed by atoms with Crippen LogP contribution in [0.1, 0.15) is 49.9 Å². The van der Waals surface area contributed by atoms with E-state index in [1.165, 1.54) is 0 Å². The number of carbonyl (C=O) groups excluding carboxylic acids is 1. The SMILES string of the molecule is CC(C)NC(=O)c1noc(C(C)C)c1[N+](=O)[O-]. The zero-order valence-electron chi connectivity index (χ0n) is 10.2. The third-order valence-electron chi connectivity index (χ3n) is 2.03. The highest BCUT2D eigenvalue weighted by atomic mass is 16.6. The summed E-state index contributed by atoms with van der Waals surface area (Å²) in [6.45, 7) is 6.98. The largest absolute Gasteiger partial charge is 0.353 e. The number of amides is 1. The first-order valence-electron chi connectivity index (χ1n) is 5.29. The van der Waals surface area contributed by atoms with Gasteiger partial charge in [0.25, 0.3) is 5.91 Å². The fourth-order valence-corrected chi connectivity index (χ4v) is 1.33. The first-order chi connectivity index (χ1) is 7.84. The minimum atomic E-state index is -0.638. The molecule has 0 fully saturated rings. The van der Waals surface area contributed by atoms with Gasteiger partial charge < -0.3 is 9.84 Å². The predicted molar refractivity (Wildman–Crippen MR) is 59.8 cm³/mol. The van der Waals surface area contributed by atoms with Crippen LogP contribution in [0.25, 0.3) is 0 Å². The van der Waals surface area contributed by atoms with Crippen LogP contribution in [0.4, 0.5) is 5.69 Å². The third kappa shape index (κ3) is 2.80. The van der Waals surface area contributed by atoms with Crippen LogP contribution in [0.15, 0.2) is 4.52 Å². The van der Waals surface area contributed by atoms with Crippen LogP contribution in [-0.4, -0.2) is 22.0 Å². The Hall–Kier alpha value is -1.92. The summed E-state index contributed by atoms with van der Waals surface area (Å²) in [7, 11) is 0. The highest BCUT2D eigenvalue weighted by Gasteiger charge is 2.33. The zero-order chi connectivity index (χ0) is 13.2. The number of carbonyl (C=O) groups is 1. The van der Waals surface area contributed by atoms with Crippen LogP contribution < -0.4 is 5.32 Å². The molecular formula is C10H15N3O4. The highest BCUT2D eigenvalue weighted by Crippen LogP contribution is 2.29. The maximum absolute atomic E-state index is 11.7. The lowest BCUT2D eigenvalue weighted by Gasteiger charge is -2.05. The van der Waals surface area contributed by atoms with Crippen LogP contribution >= 0.6 is 0 Å². The van der Waals surface area contributed by atoms with E-state index in [1.807, 2.05) is 0 Å². The van der Waals surface area contributed by atoms with Gasteiger partial charge in [-0.1, -0.05) is 19.0 Å². The maximum Gasteiger partial charge on any atom is 0.344 e.